The lowest BCUT2D eigenvalue weighted by molar-refractivity contribution is 0.101. The molecule has 5 nitrogen and oxygen atoms in total. The third-order valence-corrected chi connectivity index (χ3v) is 3.95. The van der Waals surface area contributed by atoms with Crippen LogP contribution in [-0.4, -0.2) is 18.4 Å². The van der Waals surface area contributed by atoms with Gasteiger partial charge in [-0.1, -0.05) is 12.1 Å². The van der Waals surface area contributed by atoms with Gasteiger partial charge < -0.3 is 15.4 Å². The molecule has 0 aromatic heterocycles. The Hall–Kier alpha value is -3.67. The zero-order valence-electron chi connectivity index (χ0n) is 15.2. The van der Waals surface area contributed by atoms with Crippen molar-refractivity contribution < 1.29 is 18.7 Å². The van der Waals surface area contributed by atoms with Crippen LogP contribution in [0.5, 0.6) is 5.75 Å². The topological polar surface area (TPSA) is 67.4 Å². The van der Waals surface area contributed by atoms with Crippen molar-refractivity contribution in [1.82, 2.24) is 0 Å². The molecule has 28 heavy (non-hydrogen) atoms. The molecular formula is C22H19FN2O3. The van der Waals surface area contributed by atoms with Crippen molar-refractivity contribution >= 4 is 23.2 Å². The van der Waals surface area contributed by atoms with Gasteiger partial charge in [-0.05, 0) is 67.6 Å². The molecule has 3 aromatic carbocycles. The Morgan fingerprint density at radius 2 is 1.39 bits per heavy atom. The average Bonchev–Trinajstić information content (AvgIpc) is 2.71. The lowest BCUT2D eigenvalue weighted by Crippen LogP contribution is -2.15. The summed E-state index contributed by atoms with van der Waals surface area (Å²) in [5, 5.41) is 5.48. The third-order valence-electron chi connectivity index (χ3n) is 3.95. The van der Waals surface area contributed by atoms with E-state index >= 15 is 0 Å². The van der Waals surface area contributed by atoms with Gasteiger partial charge in [-0.2, -0.15) is 0 Å². The molecule has 2 N–H and O–H groups in total. The van der Waals surface area contributed by atoms with Gasteiger partial charge >= 0.3 is 0 Å². The van der Waals surface area contributed by atoms with Crippen LogP contribution >= 0.6 is 0 Å². The molecule has 0 aliphatic carbocycles. The number of carbonyl (C=O) groups excluding carboxylic acids is 2. The lowest BCUT2D eigenvalue weighted by Gasteiger charge is -2.11. The fourth-order valence-electron chi connectivity index (χ4n) is 2.56. The highest BCUT2D eigenvalue weighted by Gasteiger charge is 2.11. The largest absolute Gasteiger partial charge is 0.492 e. The molecule has 0 unspecified atom stereocenters. The van der Waals surface area contributed by atoms with Crippen molar-refractivity contribution in [3.63, 3.8) is 0 Å². The van der Waals surface area contributed by atoms with Crippen LogP contribution in [0.2, 0.25) is 0 Å². The Kier molecular flexibility index (Phi) is 6.01. The van der Waals surface area contributed by atoms with Crippen LogP contribution in [0.1, 0.15) is 27.6 Å². The van der Waals surface area contributed by atoms with E-state index in [0.717, 1.165) is 0 Å². The second-order valence-corrected chi connectivity index (χ2v) is 5.92. The fraction of sp³-hybridized carbons (Fsp3) is 0.0909. The number of nitrogens with one attached hydrogen (secondary N) is 2. The number of hydrogen-bond acceptors (Lipinski definition) is 3. The number of para-hydroxylation sites is 2. The van der Waals surface area contributed by atoms with Gasteiger partial charge in [-0.3, -0.25) is 9.59 Å². The highest BCUT2D eigenvalue weighted by atomic mass is 19.1. The summed E-state index contributed by atoms with van der Waals surface area (Å²) < 4.78 is 18.4. The van der Waals surface area contributed by atoms with Gasteiger partial charge in [0.15, 0.2) is 0 Å². The summed E-state index contributed by atoms with van der Waals surface area (Å²) in [6.45, 7) is 2.36. The van der Waals surface area contributed by atoms with E-state index in [1.54, 1.807) is 42.5 Å². The van der Waals surface area contributed by atoms with Gasteiger partial charge in [-0.25, -0.2) is 4.39 Å². The van der Waals surface area contributed by atoms with Gasteiger partial charge in [0.2, 0.25) is 0 Å². The molecule has 0 spiro atoms. The van der Waals surface area contributed by atoms with Crippen LogP contribution in [0.25, 0.3) is 0 Å². The first kappa shape index (κ1) is 19.1. The zero-order chi connectivity index (χ0) is 19.9. The van der Waals surface area contributed by atoms with Crippen LogP contribution in [0.3, 0.4) is 0 Å². The molecular weight excluding hydrogens is 359 g/mol. The number of benzene rings is 3. The summed E-state index contributed by atoms with van der Waals surface area (Å²) in [6.07, 6.45) is 0. The van der Waals surface area contributed by atoms with Crippen LogP contribution in [-0.2, 0) is 0 Å². The van der Waals surface area contributed by atoms with E-state index in [2.05, 4.69) is 10.6 Å². The SMILES string of the molecule is CCOc1ccccc1NC(=O)c1ccc(C(=O)Nc2ccc(F)cc2)cc1. The van der Waals surface area contributed by atoms with E-state index in [0.29, 0.717) is 34.9 Å². The lowest BCUT2D eigenvalue weighted by atomic mass is 10.1. The van der Waals surface area contributed by atoms with Crippen molar-refractivity contribution in [2.75, 3.05) is 17.2 Å². The number of hydrogen-bond donors (Lipinski definition) is 2. The van der Waals surface area contributed by atoms with Gasteiger partial charge in [0, 0.05) is 16.8 Å². The van der Waals surface area contributed by atoms with Crippen LogP contribution in [0.4, 0.5) is 15.8 Å². The van der Waals surface area contributed by atoms with E-state index in [1.165, 1.54) is 24.3 Å². The highest BCUT2D eigenvalue weighted by molar-refractivity contribution is 6.07. The second kappa shape index (κ2) is 8.81. The quantitative estimate of drug-likeness (QED) is 0.652. The average molecular weight is 378 g/mol. The molecule has 0 heterocycles. The van der Waals surface area contributed by atoms with Crippen LogP contribution < -0.4 is 15.4 Å². The van der Waals surface area contributed by atoms with Crippen molar-refractivity contribution in [3.8, 4) is 5.75 Å². The van der Waals surface area contributed by atoms with E-state index in [4.69, 9.17) is 4.74 Å². The van der Waals surface area contributed by atoms with Crippen molar-refractivity contribution in [1.29, 1.82) is 0 Å². The number of carbonyl (C=O) groups is 2. The summed E-state index contributed by atoms with van der Waals surface area (Å²) >= 11 is 0. The summed E-state index contributed by atoms with van der Waals surface area (Å²) in [7, 11) is 0. The molecule has 6 heteroatoms. The van der Waals surface area contributed by atoms with Crippen molar-refractivity contribution in [2.45, 2.75) is 6.92 Å². The summed E-state index contributed by atoms with van der Waals surface area (Å²) in [6, 6.07) is 18.9. The van der Waals surface area contributed by atoms with Crippen LogP contribution in [0.15, 0.2) is 72.8 Å². The smallest absolute Gasteiger partial charge is 0.255 e. The maximum Gasteiger partial charge on any atom is 0.255 e. The third kappa shape index (κ3) is 4.73. The minimum Gasteiger partial charge on any atom is -0.492 e. The highest BCUT2D eigenvalue weighted by Crippen LogP contribution is 2.24. The number of ether oxygens (including phenoxy) is 1. The van der Waals surface area contributed by atoms with Gasteiger partial charge in [0.05, 0.1) is 12.3 Å². The number of halogens is 1. The molecule has 2 amide bonds. The summed E-state index contributed by atoms with van der Waals surface area (Å²) in [5.74, 6) is -0.439. The van der Waals surface area contributed by atoms with E-state index in [9.17, 15) is 14.0 Å². The minimum atomic E-state index is -0.376. The zero-order valence-corrected chi connectivity index (χ0v) is 15.2. The molecule has 0 fully saturated rings. The molecule has 142 valence electrons. The van der Waals surface area contributed by atoms with Crippen LogP contribution in [0, 0.1) is 5.82 Å². The maximum absolute atomic E-state index is 12.9. The predicted molar refractivity (Wildman–Crippen MR) is 106 cm³/mol. The first-order chi connectivity index (χ1) is 13.6. The Labute approximate surface area is 162 Å². The van der Waals surface area contributed by atoms with Crippen molar-refractivity contribution in [3.05, 3.63) is 89.7 Å². The number of anilines is 2. The molecule has 3 aromatic rings. The monoisotopic (exact) mass is 378 g/mol. The van der Waals surface area contributed by atoms with Gasteiger partial charge in [0.1, 0.15) is 11.6 Å². The Morgan fingerprint density at radius 3 is 2.00 bits per heavy atom. The van der Waals surface area contributed by atoms with E-state index in [1.807, 2.05) is 13.0 Å². The molecule has 0 saturated heterocycles. The molecule has 3 rings (SSSR count). The number of rotatable bonds is 6. The number of amides is 2. The summed E-state index contributed by atoms with van der Waals surface area (Å²) in [5.41, 5.74) is 1.86. The molecule has 0 radical (unpaired) electrons. The van der Waals surface area contributed by atoms with E-state index < -0.39 is 0 Å². The first-order valence-corrected chi connectivity index (χ1v) is 8.77. The second-order valence-electron chi connectivity index (χ2n) is 5.92. The standard InChI is InChI=1S/C22H19FN2O3/c1-2-28-20-6-4-3-5-19(20)25-22(27)16-9-7-15(8-10-16)21(26)24-18-13-11-17(23)12-14-18/h3-14H,2H2,1H3,(H,24,26)(H,25,27). The Morgan fingerprint density at radius 1 is 0.821 bits per heavy atom. The first-order valence-electron chi connectivity index (χ1n) is 8.77. The molecule has 0 bridgehead atoms. The molecule has 0 aliphatic rings. The normalized spacial score (nSPS) is 10.2. The van der Waals surface area contributed by atoms with Gasteiger partial charge in [0.25, 0.3) is 11.8 Å². The molecule has 0 aliphatic heterocycles. The van der Waals surface area contributed by atoms with E-state index in [-0.39, 0.29) is 17.6 Å². The maximum atomic E-state index is 12.9. The minimum absolute atomic E-state index is 0.308. The Bertz CT molecular complexity index is 970. The van der Waals surface area contributed by atoms with Gasteiger partial charge in [-0.15, -0.1) is 0 Å². The molecule has 0 atom stereocenters. The Balaban J connectivity index is 1.67. The van der Waals surface area contributed by atoms with Crippen molar-refractivity contribution in [2.24, 2.45) is 0 Å². The fourth-order valence-corrected chi connectivity index (χ4v) is 2.56. The predicted octanol–water partition coefficient (Wildman–Crippen LogP) is 4.73. The summed E-state index contributed by atoms with van der Waals surface area (Å²) in [4.78, 5) is 24.7. The molecule has 0 saturated carbocycles.